The van der Waals surface area contributed by atoms with Crippen molar-refractivity contribution in [2.24, 2.45) is 0 Å². The lowest BCUT2D eigenvalue weighted by atomic mass is 9.98. The number of aliphatic hydroxyl groups is 2. The van der Waals surface area contributed by atoms with Crippen molar-refractivity contribution in [2.75, 3.05) is 0 Å². The normalized spacial score (nSPS) is 24.9. The van der Waals surface area contributed by atoms with Crippen LogP contribution in [0, 0.1) is 0 Å². The molecule has 0 spiro atoms. The predicted octanol–water partition coefficient (Wildman–Crippen LogP) is 3.57. The maximum Gasteiger partial charge on any atom is 0.333 e. The van der Waals surface area contributed by atoms with Crippen molar-refractivity contribution in [1.82, 2.24) is 0 Å². The SMILES string of the molecule is O=C1C=C(C2CC=C(CCCCCC=CCc3ccccc3)C(O)O2)C(O)O1. The van der Waals surface area contributed by atoms with E-state index in [9.17, 15) is 15.0 Å². The Morgan fingerprint density at radius 1 is 1.04 bits per heavy atom. The molecule has 5 nitrogen and oxygen atoms in total. The lowest BCUT2D eigenvalue weighted by Gasteiger charge is -2.28. The van der Waals surface area contributed by atoms with Gasteiger partial charge in [0.25, 0.3) is 0 Å². The first-order chi connectivity index (χ1) is 13.6. The summed E-state index contributed by atoms with van der Waals surface area (Å²) in [5.41, 5.74) is 2.57. The molecule has 150 valence electrons. The van der Waals surface area contributed by atoms with Gasteiger partial charge in [0.05, 0.1) is 6.10 Å². The first kappa shape index (κ1) is 20.5. The Hall–Kier alpha value is -2.21. The quantitative estimate of drug-likeness (QED) is 0.387. The van der Waals surface area contributed by atoms with Gasteiger partial charge in [0.2, 0.25) is 6.29 Å². The van der Waals surface area contributed by atoms with E-state index in [2.05, 4.69) is 41.2 Å². The van der Waals surface area contributed by atoms with Crippen molar-refractivity contribution in [3.63, 3.8) is 0 Å². The Kier molecular flexibility index (Phi) is 7.60. The number of cyclic esters (lactones) is 1. The lowest BCUT2D eigenvalue weighted by Crippen LogP contribution is -2.32. The Labute approximate surface area is 166 Å². The Morgan fingerprint density at radius 3 is 2.57 bits per heavy atom. The zero-order chi connectivity index (χ0) is 19.8. The van der Waals surface area contributed by atoms with Crippen LogP contribution >= 0.6 is 0 Å². The summed E-state index contributed by atoms with van der Waals surface area (Å²) < 4.78 is 10.2. The Morgan fingerprint density at radius 2 is 1.86 bits per heavy atom. The van der Waals surface area contributed by atoms with Crippen LogP contribution in [0.5, 0.6) is 0 Å². The van der Waals surface area contributed by atoms with Crippen molar-refractivity contribution in [2.45, 2.75) is 63.6 Å². The molecule has 5 heteroatoms. The maximum absolute atomic E-state index is 11.2. The molecule has 0 amide bonds. The number of allylic oxidation sites excluding steroid dienone is 2. The van der Waals surface area contributed by atoms with Crippen LogP contribution in [0.4, 0.5) is 0 Å². The van der Waals surface area contributed by atoms with Gasteiger partial charge in [-0.3, -0.25) is 0 Å². The molecule has 2 aliphatic rings. The van der Waals surface area contributed by atoms with Gasteiger partial charge in [0, 0.05) is 11.6 Å². The molecule has 0 saturated heterocycles. The third-order valence-corrected chi connectivity index (χ3v) is 5.07. The van der Waals surface area contributed by atoms with Gasteiger partial charge in [-0.1, -0.05) is 55.0 Å². The molecule has 3 unspecified atom stereocenters. The zero-order valence-electron chi connectivity index (χ0n) is 16.0. The monoisotopic (exact) mass is 384 g/mol. The number of aliphatic hydroxyl groups excluding tert-OH is 2. The van der Waals surface area contributed by atoms with E-state index in [1.807, 2.05) is 12.1 Å². The van der Waals surface area contributed by atoms with Crippen molar-refractivity contribution >= 4 is 5.97 Å². The Bertz CT molecular complexity index is 735. The molecule has 0 fully saturated rings. The summed E-state index contributed by atoms with van der Waals surface area (Å²) in [6.07, 6.45) is 11.4. The molecule has 0 saturated carbocycles. The predicted molar refractivity (Wildman–Crippen MR) is 106 cm³/mol. The van der Waals surface area contributed by atoms with Crippen molar-refractivity contribution in [1.29, 1.82) is 0 Å². The third kappa shape index (κ3) is 5.89. The summed E-state index contributed by atoms with van der Waals surface area (Å²) in [4.78, 5) is 11.2. The molecular formula is C23H28O5. The van der Waals surface area contributed by atoms with Gasteiger partial charge in [-0.25, -0.2) is 4.79 Å². The van der Waals surface area contributed by atoms with Gasteiger partial charge in [-0.05, 0) is 49.7 Å². The van der Waals surface area contributed by atoms with Crippen LogP contribution in [0.25, 0.3) is 0 Å². The van der Waals surface area contributed by atoms with E-state index in [0.29, 0.717) is 12.0 Å². The number of hydrogen-bond acceptors (Lipinski definition) is 5. The highest BCUT2D eigenvalue weighted by Gasteiger charge is 2.34. The highest BCUT2D eigenvalue weighted by molar-refractivity contribution is 5.85. The van der Waals surface area contributed by atoms with Crippen molar-refractivity contribution in [3.8, 4) is 0 Å². The summed E-state index contributed by atoms with van der Waals surface area (Å²) in [6, 6.07) is 10.4. The van der Waals surface area contributed by atoms with E-state index in [4.69, 9.17) is 4.74 Å². The summed E-state index contributed by atoms with van der Waals surface area (Å²) in [5.74, 6) is -0.576. The summed E-state index contributed by atoms with van der Waals surface area (Å²) >= 11 is 0. The average molecular weight is 384 g/mol. The number of unbranched alkanes of at least 4 members (excludes halogenated alkanes) is 3. The molecule has 1 aromatic carbocycles. The van der Waals surface area contributed by atoms with Crippen LogP contribution in [0.3, 0.4) is 0 Å². The number of carbonyl (C=O) groups excluding carboxylic acids is 1. The van der Waals surface area contributed by atoms with Crippen LogP contribution in [0.1, 0.15) is 44.1 Å². The molecule has 3 rings (SSSR count). The molecule has 0 aliphatic carbocycles. The van der Waals surface area contributed by atoms with Crippen LogP contribution in [-0.2, 0) is 20.7 Å². The van der Waals surface area contributed by atoms with Gasteiger partial charge in [0.15, 0.2) is 6.29 Å². The molecular weight excluding hydrogens is 356 g/mol. The van der Waals surface area contributed by atoms with Gasteiger partial charge < -0.3 is 19.7 Å². The maximum atomic E-state index is 11.2. The largest absolute Gasteiger partial charge is 0.429 e. The molecule has 2 heterocycles. The number of rotatable bonds is 9. The molecule has 0 aromatic heterocycles. The fourth-order valence-corrected chi connectivity index (χ4v) is 3.49. The molecule has 1 aromatic rings. The minimum atomic E-state index is -1.27. The van der Waals surface area contributed by atoms with E-state index in [-0.39, 0.29) is 0 Å². The highest BCUT2D eigenvalue weighted by atomic mass is 16.6. The summed E-state index contributed by atoms with van der Waals surface area (Å²) in [5, 5.41) is 19.9. The highest BCUT2D eigenvalue weighted by Crippen LogP contribution is 2.29. The third-order valence-electron chi connectivity index (χ3n) is 5.07. The second-order valence-electron chi connectivity index (χ2n) is 7.19. The lowest BCUT2D eigenvalue weighted by molar-refractivity contribution is -0.155. The van der Waals surface area contributed by atoms with Crippen LogP contribution < -0.4 is 0 Å². The first-order valence-corrected chi connectivity index (χ1v) is 9.95. The average Bonchev–Trinajstić information content (AvgIpc) is 3.04. The van der Waals surface area contributed by atoms with E-state index in [1.165, 1.54) is 11.6 Å². The first-order valence-electron chi connectivity index (χ1n) is 9.95. The summed E-state index contributed by atoms with van der Waals surface area (Å²) in [7, 11) is 0. The van der Waals surface area contributed by atoms with Gasteiger partial charge in [0.1, 0.15) is 0 Å². The second-order valence-corrected chi connectivity index (χ2v) is 7.19. The zero-order valence-corrected chi connectivity index (χ0v) is 16.0. The summed E-state index contributed by atoms with van der Waals surface area (Å²) in [6.45, 7) is 0. The van der Waals surface area contributed by atoms with E-state index >= 15 is 0 Å². The number of hydrogen-bond donors (Lipinski definition) is 2. The minimum absolute atomic E-state index is 0.377. The van der Waals surface area contributed by atoms with E-state index < -0.39 is 24.7 Å². The van der Waals surface area contributed by atoms with Gasteiger partial charge in [-0.15, -0.1) is 0 Å². The topological polar surface area (TPSA) is 76.0 Å². The minimum Gasteiger partial charge on any atom is -0.429 e. The number of ether oxygens (including phenoxy) is 2. The standard InChI is InChI=1S/C23H28O5/c24-21-16-19(23(26)28-21)20-15-14-18(22(25)27-20)13-9-4-2-1-3-6-10-17-11-7-5-8-12-17/h3,5-8,11-12,14,16,20,22-23,25-26H,1-2,4,9-10,13,15H2. The van der Waals surface area contributed by atoms with Crippen LogP contribution in [-0.4, -0.2) is 34.9 Å². The molecule has 0 bridgehead atoms. The fraction of sp³-hybridized carbons (Fsp3) is 0.435. The fourth-order valence-electron chi connectivity index (χ4n) is 3.49. The smallest absolute Gasteiger partial charge is 0.333 e. The number of esters is 1. The van der Waals surface area contributed by atoms with Gasteiger partial charge >= 0.3 is 5.97 Å². The Balaban J connectivity index is 1.32. The molecule has 3 atom stereocenters. The van der Waals surface area contributed by atoms with Crippen LogP contribution in [0.2, 0.25) is 0 Å². The van der Waals surface area contributed by atoms with E-state index in [1.54, 1.807) is 0 Å². The molecule has 2 aliphatic heterocycles. The molecule has 0 radical (unpaired) electrons. The number of benzene rings is 1. The molecule has 28 heavy (non-hydrogen) atoms. The van der Waals surface area contributed by atoms with Gasteiger partial charge in [-0.2, -0.15) is 0 Å². The van der Waals surface area contributed by atoms with Crippen molar-refractivity contribution < 1.29 is 24.5 Å². The second kappa shape index (κ2) is 10.4. The van der Waals surface area contributed by atoms with Crippen LogP contribution in [0.15, 0.2) is 65.8 Å². The molecule has 2 N–H and O–H groups in total. The van der Waals surface area contributed by atoms with Crippen molar-refractivity contribution in [3.05, 3.63) is 71.3 Å². The van der Waals surface area contributed by atoms with E-state index in [0.717, 1.165) is 44.1 Å². The number of carbonyl (C=O) groups is 1.